The quantitative estimate of drug-likeness (QED) is 0.822. The third-order valence-corrected chi connectivity index (χ3v) is 4.74. The summed E-state index contributed by atoms with van der Waals surface area (Å²) in [4.78, 5) is 14.3. The molecule has 2 aliphatic rings. The monoisotopic (exact) mass is 371 g/mol. The molecule has 5 nitrogen and oxygen atoms in total. The fourth-order valence-corrected chi connectivity index (χ4v) is 3.28. The fraction of sp³-hybridized carbons (Fsp3) is 0.300. The van der Waals surface area contributed by atoms with Gasteiger partial charge in [0.25, 0.3) is 0 Å². The highest BCUT2D eigenvalue weighted by Crippen LogP contribution is 2.31. The Labute approximate surface area is 155 Å². The molecule has 4 rings (SSSR count). The average Bonchev–Trinajstić information content (AvgIpc) is 3.10. The zero-order valence-electron chi connectivity index (χ0n) is 14.6. The second-order valence-corrected chi connectivity index (χ2v) is 6.70. The topological polar surface area (TPSA) is 45.1 Å². The van der Waals surface area contributed by atoms with E-state index in [-0.39, 0.29) is 12.1 Å². The summed E-state index contributed by atoms with van der Waals surface area (Å²) >= 11 is 0. The molecule has 1 fully saturated rings. The molecule has 0 aliphatic carbocycles. The molecule has 2 aliphatic heterocycles. The lowest BCUT2D eigenvalue weighted by Crippen LogP contribution is -2.57. The minimum absolute atomic E-state index is 0.0224. The summed E-state index contributed by atoms with van der Waals surface area (Å²) in [6.07, 6.45) is 2.00. The van der Waals surface area contributed by atoms with Crippen LogP contribution in [-0.4, -0.2) is 41.3 Å². The molecule has 0 spiro atoms. The molecule has 0 N–H and O–H groups in total. The van der Waals surface area contributed by atoms with Gasteiger partial charge in [-0.3, -0.25) is 0 Å². The van der Waals surface area contributed by atoms with Crippen molar-refractivity contribution < 1.29 is 18.3 Å². The minimum atomic E-state index is -0.664. The van der Waals surface area contributed by atoms with Gasteiger partial charge in [-0.2, -0.15) is 5.10 Å². The summed E-state index contributed by atoms with van der Waals surface area (Å²) in [6, 6.07) is 12.4. The van der Waals surface area contributed by atoms with E-state index in [1.807, 2.05) is 30.3 Å². The Morgan fingerprint density at radius 3 is 2.52 bits per heavy atom. The number of halogens is 2. The molecule has 140 valence electrons. The van der Waals surface area contributed by atoms with Crippen LogP contribution in [0.3, 0.4) is 0 Å². The second kappa shape index (κ2) is 7.44. The average molecular weight is 371 g/mol. The summed E-state index contributed by atoms with van der Waals surface area (Å²) in [6.45, 7) is 1.45. The van der Waals surface area contributed by atoms with Crippen LogP contribution in [0.2, 0.25) is 0 Å². The number of hydrogen-bond acceptors (Lipinski definition) is 3. The first-order valence-corrected chi connectivity index (χ1v) is 8.82. The molecule has 0 aromatic heterocycles. The Hall–Kier alpha value is -2.80. The van der Waals surface area contributed by atoms with Crippen LogP contribution in [0.4, 0.5) is 13.6 Å². The lowest BCUT2D eigenvalue weighted by molar-refractivity contribution is -0.0505. The fourth-order valence-electron chi connectivity index (χ4n) is 3.28. The number of benzene rings is 2. The maximum Gasteiger partial charge on any atom is 0.341 e. The molecule has 2 aromatic rings. The van der Waals surface area contributed by atoms with E-state index >= 15 is 0 Å². The molecule has 2 aromatic carbocycles. The second-order valence-electron chi connectivity index (χ2n) is 6.70. The lowest BCUT2D eigenvalue weighted by atomic mass is 10.0. The van der Waals surface area contributed by atoms with Gasteiger partial charge in [-0.05, 0) is 23.3 Å². The molecule has 0 saturated carbocycles. The minimum Gasteiger partial charge on any atom is -0.370 e. The molecular weight excluding hydrogens is 352 g/mol. The van der Waals surface area contributed by atoms with E-state index < -0.39 is 17.7 Å². The van der Waals surface area contributed by atoms with E-state index in [4.69, 9.17) is 4.74 Å². The van der Waals surface area contributed by atoms with Gasteiger partial charge in [0.15, 0.2) is 0 Å². The van der Waals surface area contributed by atoms with E-state index in [0.29, 0.717) is 31.7 Å². The van der Waals surface area contributed by atoms with Crippen molar-refractivity contribution >= 4 is 12.2 Å². The summed E-state index contributed by atoms with van der Waals surface area (Å²) in [5.74, 6) is -1.33. The molecule has 0 radical (unpaired) electrons. The van der Waals surface area contributed by atoms with Crippen LogP contribution in [0.25, 0.3) is 0 Å². The maximum absolute atomic E-state index is 13.5. The number of urea groups is 1. The van der Waals surface area contributed by atoms with Gasteiger partial charge < -0.3 is 9.64 Å². The summed E-state index contributed by atoms with van der Waals surface area (Å²) in [5.41, 5.74) is 1.48. The normalized spacial score (nSPS) is 19.4. The van der Waals surface area contributed by atoms with Gasteiger partial charge in [-0.15, -0.1) is 0 Å². The summed E-state index contributed by atoms with van der Waals surface area (Å²) in [7, 11) is 0. The van der Waals surface area contributed by atoms with Gasteiger partial charge in [0.1, 0.15) is 11.6 Å². The number of amides is 2. The summed E-state index contributed by atoms with van der Waals surface area (Å²) < 4.78 is 32.8. The van der Waals surface area contributed by atoms with Crippen molar-refractivity contribution in [2.75, 3.05) is 13.1 Å². The summed E-state index contributed by atoms with van der Waals surface area (Å²) in [5, 5.41) is 5.40. The maximum atomic E-state index is 13.5. The van der Waals surface area contributed by atoms with Crippen LogP contribution in [0.15, 0.2) is 53.6 Å². The van der Waals surface area contributed by atoms with E-state index in [1.165, 1.54) is 17.1 Å². The van der Waals surface area contributed by atoms with Crippen LogP contribution in [0.5, 0.6) is 0 Å². The standard InChI is InChI=1S/C20H19F2N3O2/c21-16-8-15(9-17(22)10-16)19-6-7-23-25(19)20(26)24-11-18(12-24)27-13-14-4-2-1-3-5-14/h1-5,7-10,18-19H,6,11-13H2/t19-/m0/s1. The highest BCUT2D eigenvalue weighted by molar-refractivity contribution is 5.79. The van der Waals surface area contributed by atoms with Gasteiger partial charge in [0.05, 0.1) is 31.8 Å². The number of nitrogens with zero attached hydrogens (tertiary/aromatic N) is 3. The number of carbonyl (C=O) groups is 1. The van der Waals surface area contributed by atoms with E-state index in [1.54, 1.807) is 11.1 Å². The SMILES string of the molecule is O=C(N1CC(OCc2ccccc2)C1)N1N=CC[C@H]1c1cc(F)cc(F)c1. The number of hydrazone groups is 1. The van der Waals surface area contributed by atoms with E-state index in [2.05, 4.69) is 5.10 Å². The molecule has 27 heavy (non-hydrogen) atoms. The van der Waals surface area contributed by atoms with Gasteiger partial charge >= 0.3 is 6.03 Å². The van der Waals surface area contributed by atoms with E-state index in [9.17, 15) is 13.6 Å². The molecule has 2 amide bonds. The molecule has 0 bridgehead atoms. The molecule has 1 atom stereocenters. The Morgan fingerprint density at radius 1 is 1.11 bits per heavy atom. The van der Waals surface area contributed by atoms with Gasteiger partial charge in [0.2, 0.25) is 0 Å². The highest BCUT2D eigenvalue weighted by Gasteiger charge is 2.38. The van der Waals surface area contributed by atoms with Crippen molar-refractivity contribution in [3.63, 3.8) is 0 Å². The number of rotatable bonds is 4. The van der Waals surface area contributed by atoms with Crippen molar-refractivity contribution in [1.82, 2.24) is 9.91 Å². The predicted molar refractivity (Wildman–Crippen MR) is 96.0 cm³/mol. The van der Waals surface area contributed by atoms with Crippen LogP contribution >= 0.6 is 0 Å². The van der Waals surface area contributed by atoms with Crippen molar-refractivity contribution in [3.8, 4) is 0 Å². The van der Waals surface area contributed by atoms with Crippen molar-refractivity contribution in [2.24, 2.45) is 5.10 Å². The van der Waals surface area contributed by atoms with Crippen LogP contribution in [0.1, 0.15) is 23.6 Å². The number of ether oxygens (including phenoxy) is 1. The number of likely N-dealkylation sites (tertiary alicyclic amines) is 1. The van der Waals surface area contributed by atoms with Crippen molar-refractivity contribution in [1.29, 1.82) is 0 Å². The Morgan fingerprint density at radius 2 is 1.81 bits per heavy atom. The zero-order valence-corrected chi connectivity index (χ0v) is 14.6. The number of hydrogen-bond donors (Lipinski definition) is 0. The van der Waals surface area contributed by atoms with Crippen molar-refractivity contribution in [3.05, 3.63) is 71.3 Å². The lowest BCUT2D eigenvalue weighted by Gasteiger charge is -2.41. The molecule has 2 heterocycles. The van der Waals surface area contributed by atoms with Gasteiger partial charge in [-0.1, -0.05) is 30.3 Å². The Kier molecular flexibility index (Phi) is 4.85. The van der Waals surface area contributed by atoms with Crippen LogP contribution < -0.4 is 0 Å². The van der Waals surface area contributed by atoms with Crippen LogP contribution in [0, 0.1) is 11.6 Å². The predicted octanol–water partition coefficient (Wildman–Crippen LogP) is 3.72. The third-order valence-electron chi connectivity index (χ3n) is 4.74. The van der Waals surface area contributed by atoms with E-state index in [0.717, 1.165) is 11.6 Å². The molecular formula is C20H19F2N3O2. The third kappa shape index (κ3) is 3.83. The molecule has 7 heteroatoms. The van der Waals surface area contributed by atoms with Gasteiger partial charge in [-0.25, -0.2) is 18.6 Å². The Balaban J connectivity index is 1.34. The number of carbonyl (C=O) groups excluding carboxylic acids is 1. The first kappa shape index (κ1) is 17.6. The van der Waals surface area contributed by atoms with Crippen LogP contribution in [-0.2, 0) is 11.3 Å². The molecule has 0 unspecified atom stereocenters. The van der Waals surface area contributed by atoms with Gasteiger partial charge in [0, 0.05) is 18.7 Å². The smallest absolute Gasteiger partial charge is 0.341 e. The zero-order chi connectivity index (χ0) is 18.8. The first-order valence-electron chi connectivity index (χ1n) is 8.82. The first-order chi connectivity index (χ1) is 13.1. The van der Waals surface area contributed by atoms with Crippen molar-refractivity contribution in [2.45, 2.75) is 25.2 Å². The Bertz CT molecular complexity index is 833. The highest BCUT2D eigenvalue weighted by atomic mass is 19.1. The molecule has 1 saturated heterocycles. The largest absolute Gasteiger partial charge is 0.370 e.